The van der Waals surface area contributed by atoms with Gasteiger partial charge < -0.3 is 21.5 Å². The fourth-order valence-electron chi connectivity index (χ4n) is 1.25. The van der Waals surface area contributed by atoms with Gasteiger partial charge in [0.2, 0.25) is 0 Å². The Bertz CT molecular complexity index is 451. The molecule has 0 bridgehead atoms. The lowest BCUT2D eigenvalue weighted by Gasteiger charge is -2.07. The van der Waals surface area contributed by atoms with Crippen molar-refractivity contribution in [3.05, 3.63) is 29.6 Å². The van der Waals surface area contributed by atoms with Crippen LogP contribution in [-0.2, 0) is 0 Å². The molecular weight excluding hydrogens is 241 g/mol. The van der Waals surface area contributed by atoms with Gasteiger partial charge in [-0.2, -0.15) is 0 Å². The lowest BCUT2D eigenvalue weighted by molar-refractivity contribution is 0.0692. The summed E-state index contributed by atoms with van der Waals surface area (Å²) in [6.45, 7) is 0.875. The number of carboxylic acids is 1. The van der Waals surface area contributed by atoms with Crippen molar-refractivity contribution in [1.82, 2.24) is 5.32 Å². The van der Waals surface area contributed by atoms with Gasteiger partial charge in [0.1, 0.15) is 5.82 Å². The molecule has 7 heteroatoms. The van der Waals surface area contributed by atoms with E-state index in [1.165, 1.54) is 6.07 Å². The van der Waals surface area contributed by atoms with Gasteiger partial charge in [-0.05, 0) is 31.2 Å². The molecule has 6 nitrogen and oxygen atoms in total. The van der Waals surface area contributed by atoms with E-state index >= 15 is 0 Å². The molecule has 0 radical (unpaired) electrons. The number of anilines is 1. The normalized spacial score (nSPS) is 9.89. The van der Waals surface area contributed by atoms with Crippen LogP contribution in [0.25, 0.3) is 0 Å². The van der Waals surface area contributed by atoms with Crippen molar-refractivity contribution in [3.8, 4) is 0 Å². The number of amides is 2. The summed E-state index contributed by atoms with van der Waals surface area (Å²) in [6.07, 6.45) is 0.639. The van der Waals surface area contributed by atoms with Gasteiger partial charge >= 0.3 is 12.0 Å². The minimum Gasteiger partial charge on any atom is -0.478 e. The molecule has 0 heterocycles. The molecule has 1 aromatic carbocycles. The smallest absolute Gasteiger partial charge is 0.338 e. The molecule has 0 atom stereocenters. The number of nitrogens with two attached hydrogens (primary N) is 1. The summed E-state index contributed by atoms with van der Waals surface area (Å²) in [5, 5.41) is 13.5. The molecule has 0 aliphatic carbocycles. The quantitative estimate of drug-likeness (QED) is 0.589. The Kier molecular flexibility index (Phi) is 5.06. The van der Waals surface area contributed by atoms with Crippen molar-refractivity contribution in [1.29, 1.82) is 0 Å². The molecule has 98 valence electrons. The third-order valence-electron chi connectivity index (χ3n) is 2.12. The largest absolute Gasteiger partial charge is 0.478 e. The summed E-state index contributed by atoms with van der Waals surface area (Å²) in [4.78, 5) is 21.9. The molecule has 0 aliphatic rings. The second-order valence-corrected chi connectivity index (χ2v) is 3.52. The monoisotopic (exact) mass is 255 g/mol. The minimum absolute atomic E-state index is 0.183. The van der Waals surface area contributed by atoms with Crippen LogP contribution in [0, 0.1) is 5.82 Å². The summed E-state index contributed by atoms with van der Waals surface area (Å²) in [6, 6.07) is 2.86. The van der Waals surface area contributed by atoms with Crippen molar-refractivity contribution in [3.63, 3.8) is 0 Å². The Morgan fingerprint density at radius 1 is 1.39 bits per heavy atom. The number of carboxylic acid groups (broad SMARTS) is 1. The number of hydrogen-bond acceptors (Lipinski definition) is 3. The van der Waals surface area contributed by atoms with Crippen LogP contribution in [0.4, 0.5) is 14.9 Å². The van der Waals surface area contributed by atoms with E-state index in [2.05, 4.69) is 10.6 Å². The van der Waals surface area contributed by atoms with E-state index in [9.17, 15) is 14.0 Å². The number of aromatic carboxylic acids is 1. The van der Waals surface area contributed by atoms with E-state index < -0.39 is 23.4 Å². The van der Waals surface area contributed by atoms with Gasteiger partial charge in [-0.25, -0.2) is 14.0 Å². The Morgan fingerprint density at radius 3 is 2.67 bits per heavy atom. The molecule has 0 saturated carbocycles. The van der Waals surface area contributed by atoms with E-state index in [0.29, 0.717) is 19.5 Å². The summed E-state index contributed by atoms with van der Waals surface area (Å²) < 4.78 is 13.3. The van der Waals surface area contributed by atoms with Crippen molar-refractivity contribution in [2.24, 2.45) is 5.73 Å². The lowest BCUT2D eigenvalue weighted by atomic mass is 10.2. The summed E-state index contributed by atoms with van der Waals surface area (Å²) in [5.74, 6) is -2.26. The van der Waals surface area contributed by atoms with Crippen LogP contribution in [0.1, 0.15) is 16.8 Å². The van der Waals surface area contributed by atoms with E-state index in [4.69, 9.17) is 10.8 Å². The first-order valence-electron chi connectivity index (χ1n) is 5.32. The number of carbonyl (C=O) groups excluding carboxylic acids is 1. The van der Waals surface area contributed by atoms with Crippen LogP contribution in [0.5, 0.6) is 0 Å². The highest BCUT2D eigenvalue weighted by molar-refractivity contribution is 5.91. The molecule has 0 aromatic heterocycles. The number of rotatable bonds is 5. The third-order valence-corrected chi connectivity index (χ3v) is 2.12. The predicted molar refractivity (Wildman–Crippen MR) is 64.1 cm³/mol. The summed E-state index contributed by atoms with van der Waals surface area (Å²) >= 11 is 0. The molecule has 5 N–H and O–H groups in total. The highest BCUT2D eigenvalue weighted by Gasteiger charge is 2.11. The fourth-order valence-corrected chi connectivity index (χ4v) is 1.25. The number of carbonyl (C=O) groups is 2. The second-order valence-electron chi connectivity index (χ2n) is 3.52. The first kappa shape index (κ1) is 13.9. The van der Waals surface area contributed by atoms with Gasteiger partial charge in [0.25, 0.3) is 0 Å². The van der Waals surface area contributed by atoms with E-state index in [0.717, 1.165) is 12.1 Å². The SMILES string of the molecule is NCCCNC(=O)Nc1ccc(C(=O)O)c(F)c1. The fraction of sp³-hybridized carbons (Fsp3) is 0.273. The molecule has 1 rings (SSSR count). The van der Waals surface area contributed by atoms with Gasteiger partial charge in [0, 0.05) is 12.2 Å². The average molecular weight is 255 g/mol. The van der Waals surface area contributed by atoms with Crippen LogP contribution in [-0.4, -0.2) is 30.2 Å². The zero-order valence-corrected chi connectivity index (χ0v) is 9.57. The molecule has 0 fully saturated rings. The highest BCUT2D eigenvalue weighted by atomic mass is 19.1. The lowest BCUT2D eigenvalue weighted by Crippen LogP contribution is -2.30. The molecule has 0 spiro atoms. The topological polar surface area (TPSA) is 104 Å². The molecule has 0 saturated heterocycles. The highest BCUT2D eigenvalue weighted by Crippen LogP contribution is 2.14. The van der Waals surface area contributed by atoms with Crippen molar-refractivity contribution in [2.75, 3.05) is 18.4 Å². The zero-order chi connectivity index (χ0) is 13.5. The predicted octanol–water partition coefficient (Wildman–Crippen LogP) is 0.994. The number of urea groups is 1. The summed E-state index contributed by atoms with van der Waals surface area (Å²) in [5.41, 5.74) is 5.00. The van der Waals surface area contributed by atoms with Crippen LogP contribution in [0.2, 0.25) is 0 Å². The van der Waals surface area contributed by atoms with Crippen molar-refractivity contribution < 1.29 is 19.1 Å². The molecule has 1 aromatic rings. The number of nitrogens with one attached hydrogen (secondary N) is 2. The number of benzene rings is 1. The van der Waals surface area contributed by atoms with Crippen molar-refractivity contribution in [2.45, 2.75) is 6.42 Å². The zero-order valence-electron chi connectivity index (χ0n) is 9.57. The second kappa shape index (κ2) is 6.55. The molecule has 18 heavy (non-hydrogen) atoms. The van der Waals surface area contributed by atoms with Gasteiger partial charge in [-0.3, -0.25) is 0 Å². The minimum atomic E-state index is -1.36. The molecule has 2 amide bonds. The Labute approximate surface area is 103 Å². The Balaban J connectivity index is 2.60. The van der Waals surface area contributed by atoms with E-state index in [1.54, 1.807) is 0 Å². The number of halogens is 1. The Hall–Kier alpha value is -2.15. The average Bonchev–Trinajstić information content (AvgIpc) is 2.28. The van der Waals surface area contributed by atoms with Crippen LogP contribution >= 0.6 is 0 Å². The third kappa shape index (κ3) is 4.02. The molecular formula is C11H14FN3O3. The van der Waals surface area contributed by atoms with Gasteiger partial charge in [0.05, 0.1) is 5.56 Å². The molecule has 0 unspecified atom stereocenters. The van der Waals surface area contributed by atoms with Gasteiger partial charge in [0.15, 0.2) is 0 Å². The van der Waals surface area contributed by atoms with Crippen molar-refractivity contribution >= 4 is 17.7 Å². The first-order valence-corrected chi connectivity index (χ1v) is 5.32. The maximum Gasteiger partial charge on any atom is 0.338 e. The number of hydrogen-bond donors (Lipinski definition) is 4. The maximum atomic E-state index is 13.3. The first-order chi connectivity index (χ1) is 8.54. The molecule has 0 aliphatic heterocycles. The van der Waals surface area contributed by atoms with Gasteiger partial charge in [-0.1, -0.05) is 0 Å². The van der Waals surface area contributed by atoms with E-state index in [1.807, 2.05) is 0 Å². The maximum absolute atomic E-state index is 13.3. The van der Waals surface area contributed by atoms with Crippen LogP contribution < -0.4 is 16.4 Å². The standard InChI is InChI=1S/C11H14FN3O3/c12-9-6-7(2-3-8(9)10(16)17)15-11(18)14-5-1-4-13/h2-3,6H,1,4-5,13H2,(H,16,17)(H2,14,15,18). The Morgan fingerprint density at radius 2 is 2.11 bits per heavy atom. The van der Waals surface area contributed by atoms with Crippen LogP contribution in [0.15, 0.2) is 18.2 Å². The van der Waals surface area contributed by atoms with Gasteiger partial charge in [-0.15, -0.1) is 0 Å². The van der Waals surface area contributed by atoms with E-state index in [-0.39, 0.29) is 5.69 Å². The van der Waals surface area contributed by atoms with Crippen LogP contribution in [0.3, 0.4) is 0 Å². The summed E-state index contributed by atoms with van der Waals surface area (Å²) in [7, 11) is 0.